The highest BCUT2D eigenvalue weighted by Gasteiger charge is 2.44. The van der Waals surface area contributed by atoms with E-state index in [0.29, 0.717) is 0 Å². The van der Waals surface area contributed by atoms with E-state index in [9.17, 15) is 45.6 Å². The highest BCUT2D eigenvalue weighted by atomic mass is 16.7. The molecule has 1 saturated heterocycles. The molecule has 0 spiro atoms. The van der Waals surface area contributed by atoms with E-state index in [1.807, 2.05) is 0 Å². The molecule has 210 valence electrons. The summed E-state index contributed by atoms with van der Waals surface area (Å²) in [5, 5.41) is 80.6. The second-order valence-corrected chi connectivity index (χ2v) is 9.16. The third-order valence-electron chi connectivity index (χ3n) is 6.34. The Morgan fingerprint density at radius 2 is 1.48 bits per heavy atom. The van der Waals surface area contributed by atoms with Gasteiger partial charge in [-0.2, -0.15) is 0 Å². The molecule has 0 radical (unpaired) electrons. The monoisotopic (exact) mass is 556 g/mol. The van der Waals surface area contributed by atoms with Crippen molar-refractivity contribution in [1.29, 1.82) is 0 Å². The van der Waals surface area contributed by atoms with Crippen LogP contribution < -0.4 is 14.9 Å². The van der Waals surface area contributed by atoms with Crippen LogP contribution in [-0.4, -0.2) is 71.6 Å². The highest BCUT2D eigenvalue weighted by Crippen LogP contribution is 2.42. The fourth-order valence-corrected chi connectivity index (χ4v) is 4.24. The summed E-state index contributed by atoms with van der Waals surface area (Å²) in [6.07, 6.45) is -7.58. The number of rotatable bonds is 5. The van der Waals surface area contributed by atoms with Crippen molar-refractivity contribution < 1.29 is 59.5 Å². The fraction of sp³-hybridized carbons (Fsp3) is 0.222. The minimum atomic E-state index is -1.79. The van der Waals surface area contributed by atoms with Crippen molar-refractivity contribution in [3.63, 3.8) is 0 Å². The molecule has 1 aliphatic heterocycles. The van der Waals surface area contributed by atoms with E-state index in [1.54, 1.807) is 0 Å². The third-order valence-corrected chi connectivity index (χ3v) is 6.34. The van der Waals surface area contributed by atoms with Crippen molar-refractivity contribution in [3.8, 4) is 57.3 Å². The fourth-order valence-electron chi connectivity index (χ4n) is 4.24. The molecule has 40 heavy (non-hydrogen) atoms. The second-order valence-electron chi connectivity index (χ2n) is 9.16. The van der Waals surface area contributed by atoms with Gasteiger partial charge in [0.15, 0.2) is 28.8 Å². The van der Waals surface area contributed by atoms with Crippen molar-refractivity contribution in [1.82, 2.24) is 0 Å². The van der Waals surface area contributed by atoms with E-state index in [-0.39, 0.29) is 45.3 Å². The normalized spacial score (nSPS) is 22.8. The zero-order chi connectivity index (χ0) is 28.9. The zero-order valence-electron chi connectivity index (χ0n) is 20.6. The average Bonchev–Trinajstić information content (AvgIpc) is 2.89. The van der Waals surface area contributed by atoms with Crippen LogP contribution >= 0.6 is 0 Å². The second kappa shape index (κ2) is 10.1. The van der Waals surface area contributed by atoms with Crippen molar-refractivity contribution in [2.45, 2.75) is 37.6 Å². The number of aliphatic hydroxyl groups excluding tert-OH is 3. The Bertz CT molecular complexity index is 1650. The van der Waals surface area contributed by atoms with E-state index in [4.69, 9.17) is 18.6 Å². The van der Waals surface area contributed by atoms with Gasteiger partial charge in [-0.25, -0.2) is 0 Å². The average molecular weight is 556 g/mol. The Balaban J connectivity index is 1.66. The summed E-state index contributed by atoms with van der Waals surface area (Å²) in [6.45, 7) is 1.41. The summed E-state index contributed by atoms with van der Waals surface area (Å²) in [5.41, 5.74) is -1.13. The van der Waals surface area contributed by atoms with Crippen LogP contribution in [0.2, 0.25) is 0 Å². The SMILES string of the molecule is C[C@@H]1O[C@H](Oc2c(-c3ccc(O)c(Oc4ccc(O)cc4O)c3)oc3cc(O)cc(O)c3c2=O)[C@@H](O)[C@H](O)[C@@H]1O. The van der Waals surface area contributed by atoms with Gasteiger partial charge in [-0.05, 0) is 37.3 Å². The van der Waals surface area contributed by atoms with Crippen molar-refractivity contribution >= 4 is 11.0 Å². The summed E-state index contributed by atoms with van der Waals surface area (Å²) in [6, 6.07) is 9.21. The Kier molecular flexibility index (Phi) is 6.81. The summed E-state index contributed by atoms with van der Waals surface area (Å²) in [5.74, 6) is -3.33. The van der Waals surface area contributed by atoms with Crippen LogP contribution in [0.15, 0.2) is 57.7 Å². The van der Waals surface area contributed by atoms with Crippen molar-refractivity contribution in [2.24, 2.45) is 0 Å². The lowest BCUT2D eigenvalue weighted by atomic mass is 10.00. The van der Waals surface area contributed by atoms with Gasteiger partial charge in [-0.1, -0.05) is 0 Å². The van der Waals surface area contributed by atoms with Crippen LogP contribution in [0.3, 0.4) is 0 Å². The molecule has 1 aliphatic rings. The minimum absolute atomic E-state index is 0.0573. The quantitative estimate of drug-likeness (QED) is 0.176. The van der Waals surface area contributed by atoms with Gasteiger partial charge in [0.1, 0.15) is 46.5 Å². The van der Waals surface area contributed by atoms with Crippen LogP contribution in [0.25, 0.3) is 22.3 Å². The number of aromatic hydroxyl groups is 5. The van der Waals surface area contributed by atoms with Crippen LogP contribution in [0.1, 0.15) is 6.92 Å². The molecule has 2 heterocycles. The molecule has 0 bridgehead atoms. The molecule has 0 aliphatic carbocycles. The van der Waals surface area contributed by atoms with Gasteiger partial charge in [0.25, 0.3) is 0 Å². The number of fused-ring (bicyclic) bond motifs is 1. The predicted octanol–water partition coefficient (Wildman–Crippen LogP) is 1.99. The van der Waals surface area contributed by atoms with E-state index < -0.39 is 59.1 Å². The number of hydrogen-bond acceptors (Lipinski definition) is 13. The van der Waals surface area contributed by atoms with Crippen molar-refractivity contribution in [3.05, 3.63) is 58.8 Å². The largest absolute Gasteiger partial charge is 0.508 e. The first-order valence-electron chi connectivity index (χ1n) is 11.9. The molecule has 13 nitrogen and oxygen atoms in total. The molecular weight excluding hydrogens is 532 g/mol. The number of hydrogen-bond donors (Lipinski definition) is 8. The Labute approximate surface area is 224 Å². The minimum Gasteiger partial charge on any atom is -0.508 e. The summed E-state index contributed by atoms with van der Waals surface area (Å²) in [4.78, 5) is 13.6. The molecule has 5 atom stereocenters. The lowest BCUT2D eigenvalue weighted by Crippen LogP contribution is -2.58. The molecule has 4 aromatic rings. The first-order valence-corrected chi connectivity index (χ1v) is 11.9. The van der Waals surface area contributed by atoms with E-state index in [1.165, 1.54) is 37.3 Å². The van der Waals surface area contributed by atoms with Gasteiger partial charge < -0.3 is 59.5 Å². The van der Waals surface area contributed by atoms with Gasteiger partial charge in [-0.15, -0.1) is 0 Å². The van der Waals surface area contributed by atoms with Gasteiger partial charge in [-0.3, -0.25) is 4.79 Å². The number of phenolic OH excluding ortho intramolecular Hbond substituents is 5. The molecule has 1 aromatic heterocycles. The number of aliphatic hydroxyl groups is 3. The van der Waals surface area contributed by atoms with Gasteiger partial charge in [0.2, 0.25) is 17.5 Å². The lowest BCUT2D eigenvalue weighted by molar-refractivity contribution is -0.268. The van der Waals surface area contributed by atoms with Gasteiger partial charge in [0.05, 0.1) is 6.10 Å². The molecule has 1 fully saturated rings. The summed E-state index contributed by atoms with van der Waals surface area (Å²) >= 11 is 0. The molecule has 3 aromatic carbocycles. The topological polar surface area (TPSA) is 220 Å². The number of phenols is 5. The van der Waals surface area contributed by atoms with E-state index >= 15 is 0 Å². The predicted molar refractivity (Wildman–Crippen MR) is 136 cm³/mol. The molecule has 13 heteroatoms. The smallest absolute Gasteiger partial charge is 0.239 e. The van der Waals surface area contributed by atoms with Crippen LogP contribution in [-0.2, 0) is 4.74 Å². The molecule has 5 rings (SSSR count). The lowest BCUT2D eigenvalue weighted by Gasteiger charge is -2.38. The van der Waals surface area contributed by atoms with Crippen molar-refractivity contribution in [2.75, 3.05) is 0 Å². The maximum Gasteiger partial charge on any atom is 0.239 e. The van der Waals surface area contributed by atoms with Crippen LogP contribution in [0.4, 0.5) is 0 Å². The molecule has 0 amide bonds. The van der Waals surface area contributed by atoms with Crippen LogP contribution in [0.5, 0.6) is 46.0 Å². The van der Waals surface area contributed by atoms with E-state index in [0.717, 1.165) is 18.2 Å². The summed E-state index contributed by atoms with van der Waals surface area (Å²) in [7, 11) is 0. The standard InChI is InChI=1S/C27H24O13/c1-10-21(33)23(35)24(36)27(37-10)40-26-22(34)20-16(32)8-13(29)9-19(20)39-25(26)11-2-4-14(30)18(6-11)38-17-5-3-12(28)7-15(17)31/h2-10,21,23-24,27-33,35-36H,1H3/t10-,21+,23+,24-,27+/m0/s1. The Hall–Kier alpha value is -4.69. The first-order chi connectivity index (χ1) is 18.9. The Morgan fingerprint density at radius 1 is 0.750 bits per heavy atom. The highest BCUT2D eigenvalue weighted by molar-refractivity contribution is 5.88. The first kappa shape index (κ1) is 26.9. The number of ether oxygens (including phenoxy) is 3. The zero-order valence-corrected chi connectivity index (χ0v) is 20.6. The van der Waals surface area contributed by atoms with Gasteiger partial charge in [0, 0.05) is 23.8 Å². The molecular formula is C27H24O13. The molecule has 8 N–H and O–H groups in total. The Morgan fingerprint density at radius 3 is 2.20 bits per heavy atom. The van der Waals surface area contributed by atoms with Crippen LogP contribution in [0, 0.1) is 0 Å². The maximum absolute atomic E-state index is 13.6. The molecule has 0 unspecified atom stereocenters. The number of benzene rings is 3. The third kappa shape index (κ3) is 4.78. The van der Waals surface area contributed by atoms with Gasteiger partial charge >= 0.3 is 0 Å². The molecule has 0 saturated carbocycles. The maximum atomic E-state index is 13.6. The summed E-state index contributed by atoms with van der Waals surface area (Å²) < 4.78 is 22.6. The van der Waals surface area contributed by atoms with E-state index in [2.05, 4.69) is 0 Å².